The number of halogens is 2. The SMILES string of the molecule is Cc1ccc(C[C@@H](CCCOc2ccc(CO)cc2)c2cc(F)ccc2F)cc1C. The van der Waals surface area contributed by atoms with Crippen LogP contribution in [0, 0.1) is 25.5 Å². The second-order valence-corrected chi connectivity index (χ2v) is 7.78. The zero-order valence-corrected chi connectivity index (χ0v) is 17.5. The van der Waals surface area contributed by atoms with E-state index in [1.807, 2.05) is 24.3 Å². The van der Waals surface area contributed by atoms with Crippen molar-refractivity contribution in [3.05, 3.63) is 100 Å². The van der Waals surface area contributed by atoms with E-state index in [2.05, 4.69) is 32.0 Å². The van der Waals surface area contributed by atoms with Gasteiger partial charge in [0.1, 0.15) is 17.4 Å². The van der Waals surface area contributed by atoms with Gasteiger partial charge in [-0.2, -0.15) is 0 Å². The molecule has 0 unspecified atom stereocenters. The second-order valence-electron chi connectivity index (χ2n) is 7.78. The summed E-state index contributed by atoms with van der Waals surface area (Å²) in [6, 6.07) is 17.2. The topological polar surface area (TPSA) is 29.5 Å². The van der Waals surface area contributed by atoms with Crippen LogP contribution in [0.3, 0.4) is 0 Å². The molecule has 3 aromatic rings. The quantitative estimate of drug-likeness (QED) is 0.422. The number of rotatable bonds is 9. The molecule has 0 bridgehead atoms. The van der Waals surface area contributed by atoms with E-state index in [1.54, 1.807) is 0 Å². The van der Waals surface area contributed by atoms with Crippen LogP contribution in [0.2, 0.25) is 0 Å². The van der Waals surface area contributed by atoms with E-state index in [0.29, 0.717) is 31.4 Å². The molecule has 0 amide bonds. The molecule has 0 aliphatic rings. The standard InChI is InChI=1S/C26H28F2O2/c1-18-5-6-21(14-19(18)2)15-22(25-16-23(27)9-12-26(25)28)4-3-13-30-24-10-7-20(17-29)8-11-24/h5-12,14,16,22,29H,3-4,13,15,17H2,1-2H3/t22-/m1/s1. The van der Waals surface area contributed by atoms with Crippen LogP contribution in [0.15, 0.2) is 60.7 Å². The van der Waals surface area contributed by atoms with Gasteiger partial charge in [0.05, 0.1) is 13.2 Å². The van der Waals surface area contributed by atoms with E-state index in [0.717, 1.165) is 22.9 Å². The fourth-order valence-corrected chi connectivity index (χ4v) is 3.62. The van der Waals surface area contributed by atoms with Crippen LogP contribution in [0.5, 0.6) is 5.75 Å². The van der Waals surface area contributed by atoms with Crippen LogP contribution in [0.4, 0.5) is 8.78 Å². The molecule has 2 nitrogen and oxygen atoms in total. The van der Waals surface area contributed by atoms with Crippen molar-refractivity contribution in [3.8, 4) is 5.75 Å². The lowest BCUT2D eigenvalue weighted by atomic mass is 9.87. The third kappa shape index (κ3) is 5.90. The zero-order chi connectivity index (χ0) is 21.5. The summed E-state index contributed by atoms with van der Waals surface area (Å²) in [7, 11) is 0. The largest absolute Gasteiger partial charge is 0.494 e. The number of hydrogen-bond acceptors (Lipinski definition) is 2. The van der Waals surface area contributed by atoms with E-state index in [1.165, 1.54) is 23.3 Å². The Balaban J connectivity index is 1.68. The highest BCUT2D eigenvalue weighted by Gasteiger charge is 2.18. The van der Waals surface area contributed by atoms with Crippen LogP contribution in [0.1, 0.15) is 46.6 Å². The van der Waals surface area contributed by atoms with Crippen molar-refractivity contribution in [2.24, 2.45) is 0 Å². The predicted octanol–water partition coefficient (Wildman–Crippen LogP) is 6.26. The first-order valence-corrected chi connectivity index (χ1v) is 10.3. The molecule has 0 spiro atoms. The van der Waals surface area contributed by atoms with Gasteiger partial charge in [0.25, 0.3) is 0 Å². The van der Waals surface area contributed by atoms with Crippen molar-refractivity contribution >= 4 is 0 Å². The molecule has 4 heteroatoms. The van der Waals surface area contributed by atoms with Gasteiger partial charge in [0, 0.05) is 0 Å². The number of aliphatic hydroxyl groups excluding tert-OH is 1. The highest BCUT2D eigenvalue weighted by atomic mass is 19.1. The molecule has 3 aromatic carbocycles. The smallest absolute Gasteiger partial charge is 0.126 e. The predicted molar refractivity (Wildman–Crippen MR) is 116 cm³/mol. The Labute approximate surface area is 177 Å². The summed E-state index contributed by atoms with van der Waals surface area (Å²) in [5.74, 6) is -0.194. The molecule has 3 rings (SSSR count). The van der Waals surface area contributed by atoms with Crippen molar-refractivity contribution in [2.45, 2.75) is 45.6 Å². The Morgan fingerprint density at radius 1 is 0.867 bits per heavy atom. The first kappa shape index (κ1) is 22.0. The van der Waals surface area contributed by atoms with Crippen molar-refractivity contribution in [1.82, 2.24) is 0 Å². The van der Waals surface area contributed by atoms with E-state index in [4.69, 9.17) is 9.84 Å². The lowest BCUT2D eigenvalue weighted by molar-refractivity contribution is 0.280. The van der Waals surface area contributed by atoms with E-state index < -0.39 is 5.82 Å². The summed E-state index contributed by atoms with van der Waals surface area (Å²) < 4.78 is 34.1. The minimum absolute atomic E-state index is 0.000353. The van der Waals surface area contributed by atoms with Gasteiger partial charge in [-0.05, 0) is 97.2 Å². The molecule has 0 aliphatic carbocycles. The lowest BCUT2D eigenvalue weighted by Gasteiger charge is -2.19. The molecule has 0 saturated carbocycles. The summed E-state index contributed by atoms with van der Waals surface area (Å²) in [6.45, 7) is 4.61. The van der Waals surface area contributed by atoms with Gasteiger partial charge in [0.15, 0.2) is 0 Å². The molecule has 1 atom stereocenters. The van der Waals surface area contributed by atoms with Crippen molar-refractivity contribution in [2.75, 3.05) is 6.61 Å². The number of aryl methyl sites for hydroxylation is 2. The third-order valence-corrected chi connectivity index (χ3v) is 5.52. The highest BCUT2D eigenvalue weighted by Crippen LogP contribution is 2.29. The molecule has 0 radical (unpaired) electrons. The Hall–Kier alpha value is -2.72. The summed E-state index contributed by atoms with van der Waals surface area (Å²) >= 11 is 0. The third-order valence-electron chi connectivity index (χ3n) is 5.52. The Morgan fingerprint density at radius 3 is 2.30 bits per heavy atom. The molecular weight excluding hydrogens is 382 g/mol. The average Bonchev–Trinajstić information content (AvgIpc) is 2.75. The molecule has 1 N–H and O–H groups in total. The number of benzene rings is 3. The molecular formula is C26H28F2O2. The summed E-state index contributed by atoms with van der Waals surface area (Å²) in [4.78, 5) is 0. The van der Waals surface area contributed by atoms with Crippen LogP contribution in [0.25, 0.3) is 0 Å². The minimum atomic E-state index is -0.420. The van der Waals surface area contributed by atoms with Gasteiger partial charge < -0.3 is 9.84 Å². The summed E-state index contributed by atoms with van der Waals surface area (Å²) in [6.07, 6.45) is 2.04. The maximum absolute atomic E-state index is 14.5. The molecule has 0 aliphatic heterocycles. The maximum atomic E-state index is 14.5. The van der Waals surface area contributed by atoms with Gasteiger partial charge in [-0.25, -0.2) is 8.78 Å². The Bertz CT molecular complexity index is 967. The Kier molecular flexibility index (Phi) is 7.58. The van der Waals surface area contributed by atoms with Gasteiger partial charge in [0.2, 0.25) is 0 Å². The summed E-state index contributed by atoms with van der Waals surface area (Å²) in [5.41, 5.74) is 4.78. The van der Waals surface area contributed by atoms with Crippen LogP contribution in [-0.4, -0.2) is 11.7 Å². The van der Waals surface area contributed by atoms with E-state index in [9.17, 15) is 8.78 Å². The monoisotopic (exact) mass is 410 g/mol. The van der Waals surface area contributed by atoms with Crippen molar-refractivity contribution in [1.29, 1.82) is 0 Å². The van der Waals surface area contributed by atoms with Crippen LogP contribution in [-0.2, 0) is 13.0 Å². The van der Waals surface area contributed by atoms with Crippen LogP contribution < -0.4 is 4.74 Å². The maximum Gasteiger partial charge on any atom is 0.126 e. The molecule has 0 saturated heterocycles. The fraction of sp³-hybridized carbons (Fsp3) is 0.308. The molecule has 0 aromatic heterocycles. The minimum Gasteiger partial charge on any atom is -0.494 e. The Morgan fingerprint density at radius 2 is 1.60 bits per heavy atom. The van der Waals surface area contributed by atoms with Gasteiger partial charge in [-0.15, -0.1) is 0 Å². The van der Waals surface area contributed by atoms with Gasteiger partial charge in [-0.3, -0.25) is 0 Å². The first-order chi connectivity index (χ1) is 14.5. The normalized spacial score (nSPS) is 12.0. The first-order valence-electron chi connectivity index (χ1n) is 10.3. The number of aliphatic hydroxyl groups is 1. The van der Waals surface area contributed by atoms with Gasteiger partial charge >= 0.3 is 0 Å². The van der Waals surface area contributed by atoms with Crippen molar-refractivity contribution in [3.63, 3.8) is 0 Å². The summed E-state index contributed by atoms with van der Waals surface area (Å²) in [5, 5.41) is 9.11. The van der Waals surface area contributed by atoms with Crippen molar-refractivity contribution < 1.29 is 18.6 Å². The molecule has 0 fully saturated rings. The number of ether oxygens (including phenoxy) is 1. The molecule has 0 heterocycles. The van der Waals surface area contributed by atoms with E-state index >= 15 is 0 Å². The second kappa shape index (κ2) is 10.4. The molecule has 158 valence electrons. The average molecular weight is 411 g/mol. The van der Waals surface area contributed by atoms with Gasteiger partial charge in [-0.1, -0.05) is 30.3 Å². The molecule has 30 heavy (non-hydrogen) atoms. The number of hydrogen-bond donors (Lipinski definition) is 1. The fourth-order valence-electron chi connectivity index (χ4n) is 3.62. The zero-order valence-electron chi connectivity index (χ0n) is 17.5. The van der Waals surface area contributed by atoms with Crippen LogP contribution >= 0.6 is 0 Å². The lowest BCUT2D eigenvalue weighted by Crippen LogP contribution is -2.09. The van der Waals surface area contributed by atoms with E-state index in [-0.39, 0.29) is 18.3 Å². The highest BCUT2D eigenvalue weighted by molar-refractivity contribution is 5.32.